The number of fused-ring (bicyclic) bond motifs is 1. The molecule has 7 nitrogen and oxygen atoms in total. The maximum absolute atomic E-state index is 12.6. The Balaban J connectivity index is 1.23. The molecule has 1 aromatic heterocycles. The smallest absolute Gasteiger partial charge is 0.236 e. The van der Waals surface area contributed by atoms with Crippen molar-refractivity contribution < 1.29 is 14.3 Å². The summed E-state index contributed by atoms with van der Waals surface area (Å²) in [5.74, 6) is 0.325. The van der Waals surface area contributed by atoms with E-state index in [0.717, 1.165) is 18.6 Å². The summed E-state index contributed by atoms with van der Waals surface area (Å²) >= 11 is 0. The largest absolute Gasteiger partial charge is 0.379 e. The van der Waals surface area contributed by atoms with Crippen molar-refractivity contribution in [3.05, 3.63) is 36.5 Å². The Morgan fingerprint density at radius 1 is 0.857 bits per heavy atom. The van der Waals surface area contributed by atoms with Gasteiger partial charge in [0.25, 0.3) is 0 Å². The van der Waals surface area contributed by atoms with E-state index < -0.39 is 0 Å². The molecule has 0 unspecified atom stereocenters. The van der Waals surface area contributed by atoms with Gasteiger partial charge in [0.05, 0.1) is 19.8 Å². The van der Waals surface area contributed by atoms with Gasteiger partial charge in [-0.3, -0.25) is 14.5 Å². The van der Waals surface area contributed by atoms with Crippen LogP contribution in [0.3, 0.4) is 0 Å². The highest BCUT2D eigenvalue weighted by Gasteiger charge is 2.25. The highest BCUT2D eigenvalue weighted by atomic mass is 16.5. The molecular weight excluding hydrogens is 356 g/mol. The summed E-state index contributed by atoms with van der Waals surface area (Å²) < 4.78 is 7.46. The summed E-state index contributed by atoms with van der Waals surface area (Å²) in [7, 11) is 0. The highest BCUT2D eigenvalue weighted by molar-refractivity contribution is 5.81. The molecule has 0 saturated carbocycles. The number of hydrogen-bond acceptors (Lipinski definition) is 4. The fraction of sp³-hybridized carbons (Fsp3) is 0.524. The van der Waals surface area contributed by atoms with E-state index in [0.29, 0.717) is 58.9 Å². The molecule has 2 amide bonds. The van der Waals surface area contributed by atoms with Gasteiger partial charge in [-0.15, -0.1) is 0 Å². The van der Waals surface area contributed by atoms with Crippen LogP contribution in [0.25, 0.3) is 10.9 Å². The number of piperazine rings is 1. The Morgan fingerprint density at radius 2 is 1.54 bits per heavy atom. The predicted molar refractivity (Wildman–Crippen MR) is 107 cm³/mol. The molecule has 4 rings (SSSR count). The number of para-hydroxylation sites is 1. The molecule has 0 aliphatic carbocycles. The van der Waals surface area contributed by atoms with Crippen LogP contribution in [0.15, 0.2) is 36.5 Å². The van der Waals surface area contributed by atoms with Crippen molar-refractivity contribution in [2.24, 2.45) is 0 Å². The van der Waals surface area contributed by atoms with Gasteiger partial charge in [0.15, 0.2) is 0 Å². The number of carbonyl (C=O) groups is 2. The third kappa shape index (κ3) is 4.36. The predicted octanol–water partition coefficient (Wildman–Crippen LogP) is 1.03. The number of rotatable bonds is 5. The summed E-state index contributed by atoms with van der Waals surface area (Å²) in [6.07, 6.45) is 2.53. The maximum atomic E-state index is 12.6. The second-order valence-electron chi connectivity index (χ2n) is 7.47. The van der Waals surface area contributed by atoms with Gasteiger partial charge >= 0.3 is 0 Å². The quantitative estimate of drug-likeness (QED) is 0.773. The van der Waals surface area contributed by atoms with Gasteiger partial charge in [-0.2, -0.15) is 0 Å². The van der Waals surface area contributed by atoms with E-state index in [1.54, 1.807) is 0 Å². The summed E-state index contributed by atoms with van der Waals surface area (Å²) in [5.41, 5.74) is 1.16. The number of ether oxygens (including phenoxy) is 1. The number of benzene rings is 1. The van der Waals surface area contributed by atoms with E-state index in [9.17, 15) is 9.59 Å². The topological polar surface area (TPSA) is 58.0 Å². The average Bonchev–Trinajstić information content (AvgIpc) is 3.16. The standard InChI is InChI=1S/C21H28N4O3/c26-20(6-8-23-7-5-18-3-1-2-4-19(18)23)24-9-11-25(12-10-24)21(27)17-22-13-15-28-16-14-22/h1-5,7H,6,8-17H2. The van der Waals surface area contributed by atoms with Crippen molar-refractivity contribution in [2.75, 3.05) is 59.0 Å². The molecule has 0 bridgehead atoms. The normalized spacial score (nSPS) is 18.6. The summed E-state index contributed by atoms with van der Waals surface area (Å²) in [4.78, 5) is 31.0. The molecule has 0 N–H and O–H groups in total. The maximum Gasteiger partial charge on any atom is 0.236 e. The third-order valence-corrected chi connectivity index (χ3v) is 5.69. The summed E-state index contributed by atoms with van der Waals surface area (Å²) in [6.45, 7) is 6.68. The van der Waals surface area contributed by atoms with E-state index in [1.165, 1.54) is 5.39 Å². The van der Waals surface area contributed by atoms with Crippen LogP contribution in [0.2, 0.25) is 0 Å². The molecule has 0 radical (unpaired) electrons. The van der Waals surface area contributed by atoms with Gasteiger partial charge in [0.1, 0.15) is 0 Å². The van der Waals surface area contributed by atoms with E-state index in [4.69, 9.17) is 4.74 Å². The molecule has 2 saturated heterocycles. The Morgan fingerprint density at radius 3 is 2.29 bits per heavy atom. The van der Waals surface area contributed by atoms with E-state index in [-0.39, 0.29) is 11.8 Å². The van der Waals surface area contributed by atoms with Gasteiger partial charge in [-0.1, -0.05) is 18.2 Å². The summed E-state index contributed by atoms with van der Waals surface area (Å²) in [5, 5.41) is 1.20. The van der Waals surface area contributed by atoms with E-state index >= 15 is 0 Å². The molecule has 1 aromatic carbocycles. The number of hydrogen-bond donors (Lipinski definition) is 0. The lowest BCUT2D eigenvalue weighted by atomic mass is 10.2. The Hall–Kier alpha value is -2.38. The average molecular weight is 384 g/mol. The first-order chi connectivity index (χ1) is 13.7. The van der Waals surface area contributed by atoms with Gasteiger partial charge in [-0.05, 0) is 17.5 Å². The number of aryl methyl sites for hydroxylation is 1. The number of morpholine rings is 1. The second kappa shape index (κ2) is 8.75. The van der Waals surface area contributed by atoms with Gasteiger partial charge in [0.2, 0.25) is 11.8 Å². The highest BCUT2D eigenvalue weighted by Crippen LogP contribution is 2.16. The number of aromatic nitrogens is 1. The number of amides is 2. The molecular formula is C21H28N4O3. The van der Waals surface area contributed by atoms with Gasteiger partial charge in [0, 0.05) is 63.9 Å². The van der Waals surface area contributed by atoms with Crippen molar-refractivity contribution in [1.29, 1.82) is 0 Å². The fourth-order valence-corrected chi connectivity index (χ4v) is 3.97. The van der Waals surface area contributed by atoms with Gasteiger partial charge in [-0.25, -0.2) is 0 Å². The fourth-order valence-electron chi connectivity index (χ4n) is 3.97. The van der Waals surface area contributed by atoms with Crippen LogP contribution >= 0.6 is 0 Å². The Labute approximate surface area is 165 Å². The van der Waals surface area contributed by atoms with Crippen molar-refractivity contribution in [3.8, 4) is 0 Å². The van der Waals surface area contributed by atoms with Crippen molar-refractivity contribution in [2.45, 2.75) is 13.0 Å². The summed E-state index contributed by atoms with van der Waals surface area (Å²) in [6, 6.07) is 10.3. The molecule has 0 spiro atoms. The zero-order valence-electron chi connectivity index (χ0n) is 16.3. The lowest BCUT2D eigenvalue weighted by molar-refractivity contribution is -0.140. The molecule has 0 atom stereocenters. The van der Waals surface area contributed by atoms with Crippen LogP contribution in [0.5, 0.6) is 0 Å². The molecule has 2 aromatic rings. The molecule has 2 aliphatic heterocycles. The molecule has 2 fully saturated rings. The van der Waals surface area contributed by atoms with E-state index in [1.807, 2.05) is 28.1 Å². The number of nitrogens with zero attached hydrogens (tertiary/aromatic N) is 4. The lowest BCUT2D eigenvalue weighted by Gasteiger charge is -2.36. The van der Waals surface area contributed by atoms with Crippen LogP contribution in [-0.4, -0.2) is 90.1 Å². The van der Waals surface area contributed by atoms with Crippen molar-refractivity contribution in [3.63, 3.8) is 0 Å². The minimum absolute atomic E-state index is 0.160. The van der Waals surface area contributed by atoms with Gasteiger partial charge < -0.3 is 19.1 Å². The first-order valence-electron chi connectivity index (χ1n) is 10.1. The molecule has 3 heterocycles. The molecule has 28 heavy (non-hydrogen) atoms. The lowest BCUT2D eigenvalue weighted by Crippen LogP contribution is -2.53. The second-order valence-corrected chi connectivity index (χ2v) is 7.47. The van der Waals surface area contributed by atoms with Crippen LogP contribution in [0.1, 0.15) is 6.42 Å². The van der Waals surface area contributed by atoms with Crippen LogP contribution < -0.4 is 0 Å². The van der Waals surface area contributed by atoms with Crippen LogP contribution in [0.4, 0.5) is 0 Å². The molecule has 150 valence electrons. The Bertz CT molecular complexity index is 820. The monoisotopic (exact) mass is 384 g/mol. The third-order valence-electron chi connectivity index (χ3n) is 5.69. The Kier molecular flexibility index (Phi) is 5.92. The SMILES string of the molecule is O=C(CCn1ccc2ccccc21)N1CCN(C(=O)CN2CCOCC2)CC1. The van der Waals surface area contributed by atoms with Crippen LogP contribution in [0, 0.1) is 0 Å². The van der Waals surface area contributed by atoms with E-state index in [2.05, 4.69) is 27.7 Å². The van der Waals surface area contributed by atoms with Crippen molar-refractivity contribution in [1.82, 2.24) is 19.3 Å². The molecule has 7 heteroatoms. The zero-order valence-corrected chi connectivity index (χ0v) is 16.3. The first kappa shape index (κ1) is 19.0. The zero-order chi connectivity index (χ0) is 19.3. The van der Waals surface area contributed by atoms with Crippen LogP contribution in [-0.2, 0) is 20.9 Å². The first-order valence-corrected chi connectivity index (χ1v) is 10.1. The minimum Gasteiger partial charge on any atom is -0.379 e. The van der Waals surface area contributed by atoms with Crippen molar-refractivity contribution >= 4 is 22.7 Å². The molecule has 2 aliphatic rings. The minimum atomic E-state index is 0.160. The number of carbonyl (C=O) groups excluding carboxylic acids is 2.